The summed E-state index contributed by atoms with van der Waals surface area (Å²) in [6.45, 7) is 1.87. The first-order valence-electron chi connectivity index (χ1n) is 7.98. The lowest BCUT2D eigenvalue weighted by Crippen LogP contribution is -2.33. The molecule has 2 aromatic heterocycles. The van der Waals surface area contributed by atoms with Gasteiger partial charge in [0.05, 0.1) is 5.69 Å². The fourth-order valence-electron chi connectivity index (χ4n) is 3.30. The van der Waals surface area contributed by atoms with Gasteiger partial charge in [-0.1, -0.05) is 6.07 Å². The van der Waals surface area contributed by atoms with Crippen LogP contribution in [-0.2, 0) is 0 Å². The van der Waals surface area contributed by atoms with Crippen LogP contribution in [-0.4, -0.2) is 28.3 Å². The van der Waals surface area contributed by atoms with Crippen molar-refractivity contribution in [1.29, 1.82) is 0 Å². The quantitative estimate of drug-likeness (QED) is 0.770. The average Bonchev–Trinajstić information content (AvgIpc) is 3.26. The van der Waals surface area contributed by atoms with Crippen LogP contribution in [0.25, 0.3) is 11.3 Å². The molecule has 0 radical (unpaired) electrons. The topological polar surface area (TPSA) is 47.7 Å². The zero-order valence-corrected chi connectivity index (χ0v) is 12.8. The van der Waals surface area contributed by atoms with Crippen molar-refractivity contribution in [2.75, 3.05) is 18.0 Å². The second kappa shape index (κ2) is 5.91. The SMILES string of the molecule is Fc1cccc(N2CCC(c3cc(-c4cc[nH]c4)n[nH]3)CC2)c1. The molecule has 1 aromatic carbocycles. The van der Waals surface area contributed by atoms with Crippen LogP contribution in [0.2, 0.25) is 0 Å². The van der Waals surface area contributed by atoms with Gasteiger partial charge < -0.3 is 9.88 Å². The molecule has 1 aliphatic rings. The number of halogens is 1. The lowest BCUT2D eigenvalue weighted by molar-refractivity contribution is 0.495. The van der Waals surface area contributed by atoms with E-state index >= 15 is 0 Å². The molecule has 1 fully saturated rings. The zero-order chi connectivity index (χ0) is 15.6. The summed E-state index contributed by atoms with van der Waals surface area (Å²) in [5.74, 6) is 0.314. The summed E-state index contributed by atoms with van der Waals surface area (Å²) in [6, 6.07) is 11.0. The van der Waals surface area contributed by atoms with Crippen LogP contribution in [0.5, 0.6) is 0 Å². The van der Waals surface area contributed by atoms with Crippen LogP contribution < -0.4 is 4.90 Å². The molecule has 0 saturated carbocycles. The van der Waals surface area contributed by atoms with Crippen molar-refractivity contribution in [3.63, 3.8) is 0 Å². The lowest BCUT2D eigenvalue weighted by atomic mass is 9.93. The number of aromatic nitrogens is 3. The summed E-state index contributed by atoms with van der Waals surface area (Å²) >= 11 is 0. The molecule has 23 heavy (non-hydrogen) atoms. The van der Waals surface area contributed by atoms with Crippen molar-refractivity contribution in [2.45, 2.75) is 18.8 Å². The van der Waals surface area contributed by atoms with E-state index in [-0.39, 0.29) is 5.82 Å². The van der Waals surface area contributed by atoms with Gasteiger partial charge in [-0.05, 0) is 43.2 Å². The van der Waals surface area contributed by atoms with E-state index in [1.165, 1.54) is 11.8 Å². The van der Waals surface area contributed by atoms with Crippen molar-refractivity contribution < 1.29 is 4.39 Å². The van der Waals surface area contributed by atoms with Crippen LogP contribution in [0, 0.1) is 5.82 Å². The molecule has 4 rings (SSSR count). The Morgan fingerprint density at radius 3 is 2.74 bits per heavy atom. The van der Waals surface area contributed by atoms with Gasteiger partial charge in [0.1, 0.15) is 5.82 Å². The van der Waals surface area contributed by atoms with Crippen LogP contribution in [0.3, 0.4) is 0 Å². The third kappa shape index (κ3) is 2.86. The molecule has 0 amide bonds. The first-order valence-corrected chi connectivity index (χ1v) is 7.98. The number of hydrogen-bond donors (Lipinski definition) is 2. The van der Waals surface area contributed by atoms with E-state index in [1.54, 1.807) is 12.1 Å². The maximum atomic E-state index is 13.4. The zero-order valence-electron chi connectivity index (χ0n) is 12.8. The van der Waals surface area contributed by atoms with E-state index < -0.39 is 0 Å². The monoisotopic (exact) mass is 310 g/mol. The highest BCUT2D eigenvalue weighted by Gasteiger charge is 2.22. The molecule has 0 atom stereocenters. The van der Waals surface area contributed by atoms with Gasteiger partial charge in [-0.2, -0.15) is 5.10 Å². The number of anilines is 1. The van der Waals surface area contributed by atoms with Crippen LogP contribution in [0.15, 0.2) is 48.8 Å². The minimum absolute atomic E-state index is 0.172. The van der Waals surface area contributed by atoms with Gasteiger partial charge >= 0.3 is 0 Å². The second-order valence-electron chi connectivity index (χ2n) is 6.05. The van der Waals surface area contributed by atoms with Crippen molar-refractivity contribution in [3.8, 4) is 11.3 Å². The Bertz CT molecular complexity index is 770. The number of rotatable bonds is 3. The molecule has 3 heterocycles. The molecule has 0 aliphatic carbocycles. The van der Waals surface area contributed by atoms with Gasteiger partial charge in [-0.25, -0.2) is 4.39 Å². The fraction of sp³-hybridized carbons (Fsp3) is 0.278. The highest BCUT2D eigenvalue weighted by molar-refractivity contribution is 5.58. The minimum atomic E-state index is -0.172. The molecule has 5 heteroatoms. The van der Waals surface area contributed by atoms with Crippen molar-refractivity contribution in [1.82, 2.24) is 15.2 Å². The molecule has 0 unspecified atom stereocenters. The van der Waals surface area contributed by atoms with E-state index in [0.717, 1.165) is 42.9 Å². The second-order valence-corrected chi connectivity index (χ2v) is 6.05. The lowest BCUT2D eigenvalue weighted by Gasteiger charge is -2.33. The van der Waals surface area contributed by atoms with E-state index in [1.807, 2.05) is 24.5 Å². The number of hydrogen-bond acceptors (Lipinski definition) is 2. The maximum absolute atomic E-state index is 13.4. The van der Waals surface area contributed by atoms with E-state index in [2.05, 4.69) is 26.1 Å². The van der Waals surface area contributed by atoms with Crippen molar-refractivity contribution >= 4 is 5.69 Å². The summed E-state index contributed by atoms with van der Waals surface area (Å²) < 4.78 is 13.4. The summed E-state index contributed by atoms with van der Waals surface area (Å²) in [4.78, 5) is 5.31. The van der Waals surface area contributed by atoms with Gasteiger partial charge in [0.25, 0.3) is 0 Å². The molecule has 0 spiro atoms. The van der Waals surface area contributed by atoms with E-state index in [9.17, 15) is 4.39 Å². The Kier molecular flexibility index (Phi) is 3.61. The maximum Gasteiger partial charge on any atom is 0.125 e. The summed E-state index contributed by atoms with van der Waals surface area (Å²) in [5, 5.41) is 7.60. The number of nitrogens with one attached hydrogen (secondary N) is 2. The van der Waals surface area contributed by atoms with Gasteiger partial charge in [0.2, 0.25) is 0 Å². The van der Waals surface area contributed by atoms with Crippen molar-refractivity contribution in [3.05, 3.63) is 60.3 Å². The first kappa shape index (κ1) is 14.1. The summed E-state index contributed by atoms with van der Waals surface area (Å²) in [7, 11) is 0. The average molecular weight is 310 g/mol. The Hall–Kier alpha value is -2.56. The molecule has 4 nitrogen and oxygen atoms in total. The molecule has 118 valence electrons. The summed E-state index contributed by atoms with van der Waals surface area (Å²) in [6.07, 6.45) is 5.95. The number of benzene rings is 1. The van der Waals surface area contributed by atoms with E-state index in [0.29, 0.717) is 5.92 Å². The first-order chi connectivity index (χ1) is 11.3. The number of piperidine rings is 1. The normalized spacial score (nSPS) is 16.0. The predicted octanol–water partition coefficient (Wildman–Crippen LogP) is 3.93. The fourth-order valence-corrected chi connectivity index (χ4v) is 3.30. The Morgan fingerprint density at radius 1 is 1.13 bits per heavy atom. The molecule has 1 saturated heterocycles. The van der Waals surface area contributed by atoms with E-state index in [4.69, 9.17) is 0 Å². The third-order valence-corrected chi connectivity index (χ3v) is 4.60. The van der Waals surface area contributed by atoms with Gasteiger partial charge in [0, 0.05) is 48.3 Å². The number of H-pyrrole nitrogens is 2. The molecule has 1 aliphatic heterocycles. The molecule has 0 bridgehead atoms. The summed E-state index contributed by atoms with van der Waals surface area (Å²) in [5.41, 5.74) is 4.25. The minimum Gasteiger partial charge on any atom is -0.371 e. The smallest absolute Gasteiger partial charge is 0.125 e. The highest BCUT2D eigenvalue weighted by Crippen LogP contribution is 2.31. The molecule has 2 N–H and O–H groups in total. The van der Waals surface area contributed by atoms with Crippen molar-refractivity contribution in [2.24, 2.45) is 0 Å². The van der Waals surface area contributed by atoms with Crippen LogP contribution >= 0.6 is 0 Å². The Labute approximate surface area is 134 Å². The highest BCUT2D eigenvalue weighted by atomic mass is 19.1. The Balaban J connectivity index is 1.44. The van der Waals surface area contributed by atoms with Crippen LogP contribution in [0.4, 0.5) is 10.1 Å². The standard InChI is InChI=1S/C18H19FN4/c19-15-2-1-3-16(10-15)23-8-5-13(6-9-23)17-11-18(22-21-17)14-4-7-20-12-14/h1-4,7,10-13,20H,5-6,8-9H2,(H,21,22). The van der Waals surface area contributed by atoms with Crippen LogP contribution in [0.1, 0.15) is 24.5 Å². The molecular formula is C18H19FN4. The predicted molar refractivity (Wildman–Crippen MR) is 89.0 cm³/mol. The largest absolute Gasteiger partial charge is 0.371 e. The number of aromatic amines is 2. The third-order valence-electron chi connectivity index (χ3n) is 4.60. The van der Waals surface area contributed by atoms with Gasteiger partial charge in [-0.15, -0.1) is 0 Å². The molecule has 3 aromatic rings. The Morgan fingerprint density at radius 2 is 2.00 bits per heavy atom. The van der Waals surface area contributed by atoms with Gasteiger partial charge in [0.15, 0.2) is 0 Å². The molecular weight excluding hydrogens is 291 g/mol. The van der Waals surface area contributed by atoms with Gasteiger partial charge in [-0.3, -0.25) is 5.10 Å². The number of nitrogens with zero attached hydrogens (tertiary/aromatic N) is 2.